The highest BCUT2D eigenvalue weighted by Crippen LogP contribution is 2.22. The van der Waals surface area contributed by atoms with Gasteiger partial charge in [0.15, 0.2) is 9.84 Å². The number of sulfone groups is 1. The van der Waals surface area contributed by atoms with Crippen molar-refractivity contribution in [3.8, 4) is 0 Å². The monoisotopic (exact) mass is 327 g/mol. The summed E-state index contributed by atoms with van der Waals surface area (Å²) in [7, 11) is -3.79. The number of carbonyl (C=O) groups is 1. The SMILES string of the molecule is Cc1n[nH]c(C)c1NC(=O)CS(=O)(=O)c1ccccc1Cl. The number of nitrogens with one attached hydrogen (secondary N) is 2. The number of aromatic amines is 1. The fourth-order valence-electron chi connectivity index (χ4n) is 1.86. The molecule has 0 saturated heterocycles. The maximum atomic E-state index is 12.2. The van der Waals surface area contributed by atoms with E-state index in [1.54, 1.807) is 26.0 Å². The molecule has 112 valence electrons. The van der Waals surface area contributed by atoms with Gasteiger partial charge < -0.3 is 5.32 Å². The minimum absolute atomic E-state index is 0.0533. The largest absolute Gasteiger partial charge is 0.322 e. The van der Waals surface area contributed by atoms with Crippen LogP contribution >= 0.6 is 11.6 Å². The van der Waals surface area contributed by atoms with E-state index in [4.69, 9.17) is 11.6 Å². The van der Waals surface area contributed by atoms with Crippen LogP contribution in [0.1, 0.15) is 11.4 Å². The van der Waals surface area contributed by atoms with Crippen molar-refractivity contribution in [1.82, 2.24) is 10.2 Å². The van der Waals surface area contributed by atoms with Crippen molar-refractivity contribution >= 4 is 33.0 Å². The summed E-state index contributed by atoms with van der Waals surface area (Å²) in [6.45, 7) is 3.44. The molecular weight excluding hydrogens is 314 g/mol. The van der Waals surface area contributed by atoms with E-state index in [0.29, 0.717) is 17.1 Å². The summed E-state index contributed by atoms with van der Waals surface area (Å²) in [4.78, 5) is 11.9. The van der Waals surface area contributed by atoms with Gasteiger partial charge in [-0.1, -0.05) is 23.7 Å². The highest BCUT2D eigenvalue weighted by Gasteiger charge is 2.22. The molecule has 2 aromatic rings. The Bertz CT molecular complexity index is 764. The topological polar surface area (TPSA) is 91.9 Å². The number of aryl methyl sites for hydroxylation is 2. The van der Waals surface area contributed by atoms with Gasteiger partial charge in [-0.2, -0.15) is 5.10 Å². The van der Waals surface area contributed by atoms with Crippen molar-refractivity contribution in [2.45, 2.75) is 18.7 Å². The van der Waals surface area contributed by atoms with Crippen molar-refractivity contribution in [3.63, 3.8) is 0 Å². The lowest BCUT2D eigenvalue weighted by Gasteiger charge is -2.07. The maximum Gasteiger partial charge on any atom is 0.240 e. The third-order valence-electron chi connectivity index (χ3n) is 2.89. The molecule has 1 heterocycles. The molecule has 0 saturated carbocycles. The average Bonchev–Trinajstić information content (AvgIpc) is 2.70. The molecule has 0 spiro atoms. The number of anilines is 1. The predicted octanol–water partition coefficient (Wildman–Crippen LogP) is 2.09. The van der Waals surface area contributed by atoms with Gasteiger partial charge in [0.1, 0.15) is 5.75 Å². The van der Waals surface area contributed by atoms with Gasteiger partial charge in [-0.25, -0.2) is 8.42 Å². The van der Waals surface area contributed by atoms with Crippen molar-refractivity contribution in [1.29, 1.82) is 0 Å². The van der Waals surface area contributed by atoms with E-state index in [1.165, 1.54) is 12.1 Å². The number of nitrogens with zero attached hydrogens (tertiary/aromatic N) is 1. The van der Waals surface area contributed by atoms with Crippen molar-refractivity contribution in [2.75, 3.05) is 11.1 Å². The second-order valence-electron chi connectivity index (χ2n) is 4.55. The molecule has 0 radical (unpaired) electrons. The molecule has 21 heavy (non-hydrogen) atoms. The number of rotatable bonds is 4. The lowest BCUT2D eigenvalue weighted by molar-refractivity contribution is -0.113. The smallest absolute Gasteiger partial charge is 0.240 e. The van der Waals surface area contributed by atoms with Crippen molar-refractivity contribution in [3.05, 3.63) is 40.7 Å². The molecule has 0 unspecified atom stereocenters. The number of hydrogen-bond acceptors (Lipinski definition) is 4. The Morgan fingerprint density at radius 3 is 2.57 bits per heavy atom. The van der Waals surface area contributed by atoms with Crippen LogP contribution in [0.2, 0.25) is 5.02 Å². The van der Waals surface area contributed by atoms with Gasteiger partial charge in [-0.05, 0) is 26.0 Å². The van der Waals surface area contributed by atoms with Crippen molar-refractivity contribution < 1.29 is 13.2 Å². The molecule has 0 atom stereocenters. The van der Waals surface area contributed by atoms with Gasteiger partial charge in [0.05, 0.1) is 27.0 Å². The van der Waals surface area contributed by atoms with E-state index < -0.39 is 21.5 Å². The molecule has 0 aliphatic carbocycles. The van der Waals surface area contributed by atoms with Gasteiger partial charge in [0.2, 0.25) is 5.91 Å². The zero-order valence-corrected chi connectivity index (χ0v) is 13.0. The third-order valence-corrected chi connectivity index (χ3v) is 5.00. The minimum Gasteiger partial charge on any atom is -0.322 e. The Morgan fingerprint density at radius 1 is 1.33 bits per heavy atom. The van der Waals surface area contributed by atoms with Crippen LogP contribution in [0.5, 0.6) is 0 Å². The molecule has 0 aliphatic rings. The van der Waals surface area contributed by atoms with E-state index in [2.05, 4.69) is 15.5 Å². The molecule has 2 N–H and O–H groups in total. The Kier molecular flexibility index (Phi) is 4.34. The van der Waals surface area contributed by atoms with Crippen LogP contribution in [0.4, 0.5) is 5.69 Å². The summed E-state index contributed by atoms with van der Waals surface area (Å²) >= 11 is 5.86. The number of carbonyl (C=O) groups excluding carboxylic acids is 1. The zero-order chi connectivity index (χ0) is 15.6. The van der Waals surface area contributed by atoms with Gasteiger partial charge in [-0.3, -0.25) is 9.89 Å². The Labute approximate surface area is 127 Å². The maximum absolute atomic E-state index is 12.2. The molecular formula is C13H14ClN3O3S. The number of halogens is 1. The number of benzene rings is 1. The molecule has 6 nitrogen and oxygen atoms in total. The van der Waals surface area contributed by atoms with Crippen molar-refractivity contribution in [2.24, 2.45) is 0 Å². The zero-order valence-electron chi connectivity index (χ0n) is 11.5. The number of H-pyrrole nitrogens is 1. The highest BCUT2D eigenvalue weighted by molar-refractivity contribution is 7.92. The summed E-state index contributed by atoms with van der Waals surface area (Å²) in [6.07, 6.45) is 0. The number of amides is 1. The Hall–Kier alpha value is -1.86. The van der Waals surface area contributed by atoms with Gasteiger partial charge >= 0.3 is 0 Å². The van der Waals surface area contributed by atoms with E-state index in [-0.39, 0.29) is 9.92 Å². The molecule has 0 aliphatic heterocycles. The predicted molar refractivity (Wildman–Crippen MR) is 80.2 cm³/mol. The minimum atomic E-state index is -3.79. The Balaban J connectivity index is 2.18. The first kappa shape index (κ1) is 15.5. The fourth-order valence-corrected chi connectivity index (χ4v) is 3.57. The second kappa shape index (κ2) is 5.87. The first-order valence-electron chi connectivity index (χ1n) is 6.10. The van der Waals surface area contributed by atoms with E-state index in [1.807, 2.05) is 0 Å². The fraction of sp³-hybridized carbons (Fsp3) is 0.231. The molecule has 1 amide bonds. The first-order chi connectivity index (χ1) is 9.81. The van der Waals surface area contributed by atoms with Gasteiger partial charge in [0.25, 0.3) is 0 Å². The van der Waals surface area contributed by atoms with Crippen LogP contribution in [-0.4, -0.2) is 30.3 Å². The summed E-state index contributed by atoms with van der Waals surface area (Å²) in [5.74, 6) is -1.32. The molecule has 0 fully saturated rings. The third kappa shape index (κ3) is 3.43. The van der Waals surface area contributed by atoms with Crippen LogP contribution < -0.4 is 5.32 Å². The van der Waals surface area contributed by atoms with Crippen LogP contribution in [-0.2, 0) is 14.6 Å². The quantitative estimate of drug-likeness (QED) is 0.899. The van der Waals surface area contributed by atoms with Crippen LogP contribution in [0.3, 0.4) is 0 Å². The summed E-state index contributed by atoms with van der Waals surface area (Å²) < 4.78 is 24.4. The molecule has 1 aromatic heterocycles. The number of hydrogen-bond donors (Lipinski definition) is 2. The highest BCUT2D eigenvalue weighted by atomic mass is 35.5. The molecule has 2 rings (SSSR count). The summed E-state index contributed by atoms with van der Waals surface area (Å²) in [6, 6.07) is 6.02. The summed E-state index contributed by atoms with van der Waals surface area (Å²) in [5.41, 5.74) is 1.75. The van der Waals surface area contributed by atoms with Gasteiger partial charge in [-0.15, -0.1) is 0 Å². The lowest BCUT2D eigenvalue weighted by Crippen LogP contribution is -2.23. The van der Waals surface area contributed by atoms with Crippen LogP contribution in [0.25, 0.3) is 0 Å². The molecule has 8 heteroatoms. The number of aromatic nitrogens is 2. The van der Waals surface area contributed by atoms with E-state index in [0.717, 1.165) is 0 Å². The molecule has 1 aromatic carbocycles. The van der Waals surface area contributed by atoms with E-state index >= 15 is 0 Å². The van der Waals surface area contributed by atoms with E-state index in [9.17, 15) is 13.2 Å². The van der Waals surface area contributed by atoms with Crippen LogP contribution in [0.15, 0.2) is 29.2 Å². The lowest BCUT2D eigenvalue weighted by atomic mass is 10.3. The summed E-state index contributed by atoms with van der Waals surface area (Å²) in [5, 5.41) is 9.29. The molecule has 0 bridgehead atoms. The normalized spacial score (nSPS) is 11.4. The van der Waals surface area contributed by atoms with Gasteiger partial charge in [0, 0.05) is 0 Å². The standard InChI is InChI=1S/C13H14ClN3O3S/c1-8-13(9(2)17-16-8)15-12(18)7-21(19,20)11-6-4-3-5-10(11)14/h3-6H,7H2,1-2H3,(H,15,18)(H,16,17). The average molecular weight is 328 g/mol. The Morgan fingerprint density at radius 2 is 2.00 bits per heavy atom. The second-order valence-corrected chi connectivity index (χ2v) is 6.91. The van der Waals surface area contributed by atoms with Crippen LogP contribution in [0, 0.1) is 13.8 Å². The first-order valence-corrected chi connectivity index (χ1v) is 8.13.